The molecule has 1 fully saturated rings. The Balaban J connectivity index is 2.72. The van der Waals surface area contributed by atoms with E-state index in [1.54, 1.807) is 0 Å². The molecule has 0 spiro atoms. The second-order valence-electron chi connectivity index (χ2n) is 6.81. The molecule has 0 aromatic heterocycles. The molecule has 0 aromatic rings. The van der Waals surface area contributed by atoms with Gasteiger partial charge in [0.2, 0.25) is 0 Å². The maximum atomic E-state index is 6.20. The zero-order valence-corrected chi connectivity index (χ0v) is 13.8. The first-order valence-electron chi connectivity index (χ1n) is 8.10. The van der Waals surface area contributed by atoms with Gasteiger partial charge >= 0.3 is 0 Å². The van der Waals surface area contributed by atoms with Crippen LogP contribution < -0.4 is 5.73 Å². The van der Waals surface area contributed by atoms with Crippen molar-refractivity contribution in [3.05, 3.63) is 0 Å². The molecule has 2 N–H and O–H groups in total. The Labute approximate surface area is 120 Å². The zero-order chi connectivity index (χ0) is 14.5. The van der Waals surface area contributed by atoms with Gasteiger partial charge in [-0.1, -0.05) is 20.8 Å². The van der Waals surface area contributed by atoms with Crippen molar-refractivity contribution in [3.63, 3.8) is 0 Å². The van der Waals surface area contributed by atoms with Gasteiger partial charge in [0.05, 0.1) is 0 Å². The number of nitrogens with two attached hydrogens (primary N) is 1. The summed E-state index contributed by atoms with van der Waals surface area (Å²) in [5.41, 5.74) is 6.42. The van der Waals surface area contributed by atoms with E-state index in [1.807, 2.05) is 0 Å². The lowest BCUT2D eigenvalue weighted by molar-refractivity contribution is 0.0607. The standard InChI is InChI=1S/C16H35N3/c1-6-19-10-7-8-16(13-17,9-11-19)18(5)15(4)12-14(2)3/h14-15H,6-13,17H2,1-5H3. The van der Waals surface area contributed by atoms with Crippen molar-refractivity contribution in [1.82, 2.24) is 9.80 Å². The summed E-state index contributed by atoms with van der Waals surface area (Å²) in [6, 6.07) is 0.622. The van der Waals surface area contributed by atoms with Gasteiger partial charge in [-0.3, -0.25) is 4.90 Å². The van der Waals surface area contributed by atoms with Gasteiger partial charge in [0.1, 0.15) is 0 Å². The summed E-state index contributed by atoms with van der Waals surface area (Å²) < 4.78 is 0. The summed E-state index contributed by atoms with van der Waals surface area (Å²) in [6.07, 6.45) is 5.01. The summed E-state index contributed by atoms with van der Waals surface area (Å²) in [6.45, 7) is 13.7. The van der Waals surface area contributed by atoms with Crippen LogP contribution in [0.15, 0.2) is 0 Å². The highest BCUT2D eigenvalue weighted by molar-refractivity contribution is 4.95. The van der Waals surface area contributed by atoms with Crippen molar-refractivity contribution in [2.75, 3.05) is 33.2 Å². The van der Waals surface area contributed by atoms with E-state index >= 15 is 0 Å². The minimum atomic E-state index is 0.220. The summed E-state index contributed by atoms with van der Waals surface area (Å²) in [5, 5.41) is 0. The number of nitrogens with zero attached hydrogens (tertiary/aromatic N) is 2. The van der Waals surface area contributed by atoms with Crippen LogP contribution in [0.3, 0.4) is 0 Å². The number of likely N-dealkylation sites (N-methyl/N-ethyl adjacent to an activating group) is 1. The molecule has 0 saturated carbocycles. The van der Waals surface area contributed by atoms with Crippen LogP contribution in [0.2, 0.25) is 0 Å². The van der Waals surface area contributed by atoms with Crippen molar-refractivity contribution in [3.8, 4) is 0 Å². The molecule has 1 aliphatic rings. The van der Waals surface area contributed by atoms with E-state index in [0.717, 1.165) is 12.5 Å². The molecule has 3 heteroatoms. The van der Waals surface area contributed by atoms with E-state index in [1.165, 1.54) is 45.3 Å². The maximum Gasteiger partial charge on any atom is 0.0344 e. The summed E-state index contributed by atoms with van der Waals surface area (Å²) in [5.74, 6) is 0.755. The van der Waals surface area contributed by atoms with Gasteiger partial charge in [0.25, 0.3) is 0 Å². The molecule has 0 radical (unpaired) electrons. The van der Waals surface area contributed by atoms with Gasteiger partial charge in [-0.2, -0.15) is 0 Å². The van der Waals surface area contributed by atoms with Crippen molar-refractivity contribution in [1.29, 1.82) is 0 Å². The largest absolute Gasteiger partial charge is 0.329 e. The third-order valence-corrected chi connectivity index (χ3v) is 5.06. The van der Waals surface area contributed by atoms with Crippen LogP contribution in [-0.4, -0.2) is 54.6 Å². The monoisotopic (exact) mass is 269 g/mol. The highest BCUT2D eigenvalue weighted by atomic mass is 15.2. The lowest BCUT2D eigenvalue weighted by atomic mass is 9.86. The van der Waals surface area contributed by atoms with Crippen LogP contribution in [0.4, 0.5) is 0 Å². The van der Waals surface area contributed by atoms with Crippen LogP contribution in [0.5, 0.6) is 0 Å². The van der Waals surface area contributed by atoms with Gasteiger partial charge in [-0.25, -0.2) is 0 Å². The lowest BCUT2D eigenvalue weighted by Gasteiger charge is -2.44. The lowest BCUT2D eigenvalue weighted by Crippen LogP contribution is -2.56. The number of rotatable bonds is 6. The fraction of sp³-hybridized carbons (Fsp3) is 1.00. The van der Waals surface area contributed by atoms with Crippen molar-refractivity contribution in [2.45, 2.75) is 65.0 Å². The maximum absolute atomic E-state index is 6.20. The fourth-order valence-electron chi connectivity index (χ4n) is 3.56. The summed E-state index contributed by atoms with van der Waals surface area (Å²) in [4.78, 5) is 5.16. The quantitative estimate of drug-likeness (QED) is 0.804. The predicted molar refractivity (Wildman–Crippen MR) is 84.4 cm³/mol. The van der Waals surface area contributed by atoms with Crippen LogP contribution >= 0.6 is 0 Å². The fourth-order valence-corrected chi connectivity index (χ4v) is 3.56. The molecule has 19 heavy (non-hydrogen) atoms. The minimum Gasteiger partial charge on any atom is -0.329 e. The molecule has 0 amide bonds. The second-order valence-corrected chi connectivity index (χ2v) is 6.81. The highest BCUT2D eigenvalue weighted by Crippen LogP contribution is 2.30. The summed E-state index contributed by atoms with van der Waals surface area (Å²) >= 11 is 0. The van der Waals surface area contributed by atoms with Gasteiger partial charge < -0.3 is 10.6 Å². The van der Waals surface area contributed by atoms with E-state index in [4.69, 9.17) is 5.73 Å². The topological polar surface area (TPSA) is 32.5 Å². The van der Waals surface area contributed by atoms with E-state index in [2.05, 4.69) is 44.5 Å². The first kappa shape index (κ1) is 16.9. The number of likely N-dealkylation sites (tertiary alicyclic amines) is 1. The smallest absolute Gasteiger partial charge is 0.0344 e. The van der Waals surface area contributed by atoms with E-state index in [0.29, 0.717) is 6.04 Å². The third-order valence-electron chi connectivity index (χ3n) is 5.06. The average molecular weight is 269 g/mol. The summed E-state index contributed by atoms with van der Waals surface area (Å²) in [7, 11) is 2.29. The molecule has 2 atom stereocenters. The van der Waals surface area contributed by atoms with Gasteiger partial charge in [-0.05, 0) is 65.2 Å². The Morgan fingerprint density at radius 2 is 1.89 bits per heavy atom. The van der Waals surface area contributed by atoms with Crippen LogP contribution in [0.25, 0.3) is 0 Å². The molecule has 114 valence electrons. The number of hydrogen-bond acceptors (Lipinski definition) is 3. The normalized spacial score (nSPS) is 27.8. The SMILES string of the molecule is CCN1CCCC(CN)(N(C)C(C)CC(C)C)CC1. The van der Waals surface area contributed by atoms with Gasteiger partial charge in [-0.15, -0.1) is 0 Å². The van der Waals surface area contributed by atoms with Crippen LogP contribution in [-0.2, 0) is 0 Å². The second kappa shape index (κ2) is 7.61. The third kappa shape index (κ3) is 4.44. The highest BCUT2D eigenvalue weighted by Gasteiger charge is 2.37. The Kier molecular flexibility index (Phi) is 6.78. The Bertz CT molecular complexity index is 254. The molecule has 2 unspecified atom stereocenters. The van der Waals surface area contributed by atoms with Crippen LogP contribution in [0.1, 0.15) is 53.4 Å². The Morgan fingerprint density at radius 3 is 2.42 bits per heavy atom. The van der Waals surface area contributed by atoms with Crippen molar-refractivity contribution < 1.29 is 0 Å². The van der Waals surface area contributed by atoms with Crippen molar-refractivity contribution in [2.24, 2.45) is 11.7 Å². The minimum absolute atomic E-state index is 0.220. The van der Waals surface area contributed by atoms with Gasteiger partial charge in [0, 0.05) is 18.1 Å². The molecule has 1 aliphatic heterocycles. The Morgan fingerprint density at radius 1 is 1.21 bits per heavy atom. The molecular formula is C16H35N3. The van der Waals surface area contributed by atoms with Gasteiger partial charge in [0.15, 0.2) is 0 Å². The average Bonchev–Trinajstić information content (AvgIpc) is 2.59. The predicted octanol–water partition coefficient (Wildman–Crippen LogP) is 2.56. The molecule has 1 saturated heterocycles. The molecule has 3 nitrogen and oxygen atoms in total. The first-order chi connectivity index (χ1) is 8.95. The van der Waals surface area contributed by atoms with E-state index in [-0.39, 0.29) is 5.54 Å². The molecule has 1 heterocycles. The first-order valence-corrected chi connectivity index (χ1v) is 8.10. The molecule has 0 bridgehead atoms. The number of hydrogen-bond donors (Lipinski definition) is 1. The molecule has 0 aliphatic carbocycles. The molecule has 0 aromatic carbocycles. The zero-order valence-electron chi connectivity index (χ0n) is 13.8. The molecule has 1 rings (SSSR count). The Hall–Kier alpha value is -0.120. The molecular weight excluding hydrogens is 234 g/mol. The van der Waals surface area contributed by atoms with Crippen LogP contribution in [0, 0.1) is 5.92 Å². The van der Waals surface area contributed by atoms with E-state index < -0.39 is 0 Å². The van der Waals surface area contributed by atoms with Crippen molar-refractivity contribution >= 4 is 0 Å². The van der Waals surface area contributed by atoms with E-state index in [9.17, 15) is 0 Å².